The van der Waals surface area contributed by atoms with Gasteiger partial charge in [0.25, 0.3) is 0 Å². The fourth-order valence-corrected chi connectivity index (χ4v) is 3.57. The second kappa shape index (κ2) is 17.0. The summed E-state index contributed by atoms with van der Waals surface area (Å²) in [6.45, 7) is 3.01. The summed E-state index contributed by atoms with van der Waals surface area (Å²) in [6.07, 6.45) is 12.7. The van der Waals surface area contributed by atoms with E-state index in [0.717, 1.165) is 17.7 Å². The predicted octanol–water partition coefficient (Wildman–Crippen LogP) is 4.78. The standard InChI is InChI=1S/C22H37N3O3S/c1-2-3-4-5-6-7-8-9-10-11-16-23-22(28)25-18-24-21(27)17-29-20-14-12-19(26)13-15-20/h12-15,26H,2-11,16-18H2,1H3,(H,24,27)(H2,23,25,28). The van der Waals surface area contributed by atoms with E-state index >= 15 is 0 Å². The van der Waals surface area contributed by atoms with Gasteiger partial charge in [-0.15, -0.1) is 11.8 Å². The highest BCUT2D eigenvalue weighted by molar-refractivity contribution is 8.00. The molecule has 0 aliphatic heterocycles. The first-order chi connectivity index (χ1) is 14.1. The third kappa shape index (κ3) is 14.7. The van der Waals surface area contributed by atoms with Crippen molar-refractivity contribution in [2.45, 2.75) is 76.0 Å². The summed E-state index contributed by atoms with van der Waals surface area (Å²) in [7, 11) is 0. The number of carbonyl (C=O) groups is 2. The average molecular weight is 424 g/mol. The van der Waals surface area contributed by atoms with Crippen LogP contribution in [0.2, 0.25) is 0 Å². The molecule has 0 heterocycles. The lowest BCUT2D eigenvalue weighted by atomic mass is 10.1. The molecular formula is C22H37N3O3S. The first-order valence-electron chi connectivity index (χ1n) is 10.8. The summed E-state index contributed by atoms with van der Waals surface area (Å²) in [5, 5.41) is 17.3. The number of rotatable bonds is 16. The lowest BCUT2D eigenvalue weighted by Gasteiger charge is -2.09. The molecule has 164 valence electrons. The van der Waals surface area contributed by atoms with Crippen molar-refractivity contribution in [3.63, 3.8) is 0 Å². The maximum Gasteiger partial charge on any atom is 0.316 e. The van der Waals surface area contributed by atoms with Gasteiger partial charge in [-0.1, -0.05) is 64.7 Å². The molecule has 0 bridgehead atoms. The Kier molecular flexibility index (Phi) is 14.7. The molecule has 4 N–H and O–H groups in total. The fraction of sp³-hybridized carbons (Fsp3) is 0.636. The Morgan fingerprint density at radius 2 is 1.41 bits per heavy atom. The number of unbranched alkanes of at least 4 members (excludes halogenated alkanes) is 9. The maximum absolute atomic E-state index is 11.8. The lowest BCUT2D eigenvalue weighted by Crippen LogP contribution is -2.43. The third-order valence-electron chi connectivity index (χ3n) is 4.56. The number of thioether (sulfide) groups is 1. The van der Waals surface area contributed by atoms with E-state index in [2.05, 4.69) is 22.9 Å². The number of benzene rings is 1. The molecule has 29 heavy (non-hydrogen) atoms. The molecule has 7 heteroatoms. The van der Waals surface area contributed by atoms with Gasteiger partial charge in [-0.05, 0) is 30.7 Å². The van der Waals surface area contributed by atoms with Crippen molar-refractivity contribution in [3.05, 3.63) is 24.3 Å². The van der Waals surface area contributed by atoms with Crippen LogP contribution in [0.3, 0.4) is 0 Å². The second-order valence-corrected chi connectivity index (χ2v) is 8.22. The van der Waals surface area contributed by atoms with Gasteiger partial charge in [-0.25, -0.2) is 4.79 Å². The molecule has 0 aliphatic rings. The van der Waals surface area contributed by atoms with Crippen molar-refractivity contribution >= 4 is 23.7 Å². The number of hydrogen-bond acceptors (Lipinski definition) is 4. The van der Waals surface area contributed by atoms with E-state index in [1.807, 2.05) is 0 Å². The molecule has 0 aromatic heterocycles. The Bertz CT molecular complexity index is 567. The second-order valence-electron chi connectivity index (χ2n) is 7.17. The van der Waals surface area contributed by atoms with E-state index in [1.54, 1.807) is 24.3 Å². The zero-order chi connectivity index (χ0) is 21.2. The van der Waals surface area contributed by atoms with E-state index in [1.165, 1.54) is 63.1 Å². The fourth-order valence-electron chi connectivity index (χ4n) is 2.84. The molecule has 3 amide bonds. The molecule has 0 atom stereocenters. The highest BCUT2D eigenvalue weighted by atomic mass is 32.2. The molecule has 0 fully saturated rings. The highest BCUT2D eigenvalue weighted by Crippen LogP contribution is 2.20. The SMILES string of the molecule is CCCCCCCCCCCCNC(=O)NCNC(=O)CSc1ccc(O)cc1. The van der Waals surface area contributed by atoms with Gasteiger partial charge < -0.3 is 21.1 Å². The van der Waals surface area contributed by atoms with Crippen LogP contribution in [-0.4, -0.2) is 36.0 Å². The van der Waals surface area contributed by atoms with E-state index in [9.17, 15) is 14.7 Å². The van der Waals surface area contributed by atoms with Crippen LogP contribution in [0.15, 0.2) is 29.2 Å². The third-order valence-corrected chi connectivity index (χ3v) is 5.57. The van der Waals surface area contributed by atoms with Crippen molar-refractivity contribution in [2.75, 3.05) is 19.0 Å². The smallest absolute Gasteiger partial charge is 0.316 e. The zero-order valence-corrected chi connectivity index (χ0v) is 18.5. The lowest BCUT2D eigenvalue weighted by molar-refractivity contribution is -0.118. The minimum Gasteiger partial charge on any atom is -0.508 e. The summed E-state index contributed by atoms with van der Waals surface area (Å²) in [4.78, 5) is 24.4. The number of hydrogen-bond donors (Lipinski definition) is 4. The molecule has 0 spiro atoms. The molecule has 1 aromatic rings. The molecule has 0 aliphatic carbocycles. The number of urea groups is 1. The predicted molar refractivity (Wildman–Crippen MR) is 120 cm³/mol. The van der Waals surface area contributed by atoms with E-state index in [0.29, 0.717) is 6.54 Å². The van der Waals surface area contributed by atoms with Gasteiger partial charge in [0.15, 0.2) is 0 Å². The first-order valence-corrected chi connectivity index (χ1v) is 11.8. The quantitative estimate of drug-likeness (QED) is 0.175. The molecule has 1 aromatic carbocycles. The molecular weight excluding hydrogens is 386 g/mol. The number of phenols is 1. The number of amides is 3. The van der Waals surface area contributed by atoms with Gasteiger partial charge in [0.2, 0.25) is 5.91 Å². The largest absolute Gasteiger partial charge is 0.508 e. The summed E-state index contributed by atoms with van der Waals surface area (Å²) >= 11 is 1.37. The number of carbonyl (C=O) groups excluding carboxylic acids is 2. The van der Waals surface area contributed by atoms with Crippen molar-refractivity contribution in [3.8, 4) is 5.75 Å². The van der Waals surface area contributed by atoms with Crippen LogP contribution in [0.25, 0.3) is 0 Å². The van der Waals surface area contributed by atoms with Crippen LogP contribution in [0.4, 0.5) is 4.79 Å². The van der Waals surface area contributed by atoms with Crippen molar-refractivity contribution < 1.29 is 14.7 Å². The summed E-state index contributed by atoms with van der Waals surface area (Å²) in [5.74, 6) is 0.303. The number of phenolic OH excluding ortho intramolecular Hbond substituents is 1. The Morgan fingerprint density at radius 3 is 2.03 bits per heavy atom. The monoisotopic (exact) mass is 423 g/mol. The Morgan fingerprint density at radius 1 is 0.828 bits per heavy atom. The molecule has 1 rings (SSSR count). The topological polar surface area (TPSA) is 90.5 Å². The normalized spacial score (nSPS) is 10.5. The van der Waals surface area contributed by atoms with Crippen molar-refractivity contribution in [2.24, 2.45) is 0 Å². The maximum atomic E-state index is 11.8. The minimum absolute atomic E-state index is 0.110. The Balaban J connectivity index is 1.89. The van der Waals surface area contributed by atoms with Crippen LogP contribution >= 0.6 is 11.8 Å². The number of nitrogens with one attached hydrogen (secondary N) is 3. The summed E-state index contributed by atoms with van der Waals surface area (Å²) in [5.41, 5.74) is 0. The summed E-state index contributed by atoms with van der Waals surface area (Å²) < 4.78 is 0. The number of aromatic hydroxyl groups is 1. The van der Waals surface area contributed by atoms with Gasteiger partial charge in [-0.2, -0.15) is 0 Å². The van der Waals surface area contributed by atoms with Crippen molar-refractivity contribution in [1.29, 1.82) is 0 Å². The van der Waals surface area contributed by atoms with E-state index < -0.39 is 0 Å². The van der Waals surface area contributed by atoms with Gasteiger partial charge in [0.05, 0.1) is 12.4 Å². The molecule has 0 saturated heterocycles. The minimum atomic E-state index is -0.257. The van der Waals surface area contributed by atoms with Gasteiger partial charge in [-0.3, -0.25) is 4.79 Å². The van der Waals surface area contributed by atoms with Crippen LogP contribution < -0.4 is 16.0 Å². The highest BCUT2D eigenvalue weighted by Gasteiger charge is 2.04. The first kappa shape index (κ1) is 25.1. The summed E-state index contributed by atoms with van der Waals surface area (Å²) in [6, 6.07) is 6.42. The van der Waals surface area contributed by atoms with Gasteiger partial charge in [0, 0.05) is 11.4 Å². The Labute approximate surface area is 179 Å². The molecule has 0 radical (unpaired) electrons. The van der Waals surface area contributed by atoms with Crippen LogP contribution in [0.5, 0.6) is 5.75 Å². The van der Waals surface area contributed by atoms with Crippen molar-refractivity contribution in [1.82, 2.24) is 16.0 Å². The van der Waals surface area contributed by atoms with Crippen LogP contribution in [0.1, 0.15) is 71.1 Å². The zero-order valence-electron chi connectivity index (χ0n) is 17.7. The van der Waals surface area contributed by atoms with E-state index in [-0.39, 0.29) is 30.1 Å². The average Bonchev–Trinajstić information content (AvgIpc) is 2.71. The molecule has 6 nitrogen and oxygen atoms in total. The molecule has 0 saturated carbocycles. The Hall–Kier alpha value is -1.89. The van der Waals surface area contributed by atoms with E-state index in [4.69, 9.17) is 0 Å². The van der Waals surface area contributed by atoms with Gasteiger partial charge >= 0.3 is 6.03 Å². The van der Waals surface area contributed by atoms with Crippen LogP contribution in [-0.2, 0) is 4.79 Å². The molecule has 0 unspecified atom stereocenters. The van der Waals surface area contributed by atoms with Crippen LogP contribution in [0, 0.1) is 0 Å². The van der Waals surface area contributed by atoms with Gasteiger partial charge in [0.1, 0.15) is 5.75 Å².